The normalized spacial score (nSPS) is 14.2. The van der Waals surface area contributed by atoms with Gasteiger partial charge in [-0.15, -0.1) is 24.8 Å². The number of fused-ring (bicyclic) bond motifs is 1. The van der Waals surface area contributed by atoms with Crippen molar-refractivity contribution in [2.24, 2.45) is 14.1 Å². The Morgan fingerprint density at radius 2 is 1.58 bits per heavy atom. The molecule has 8 nitrogen and oxygen atoms in total. The molecule has 3 heterocycles. The third-order valence-electron chi connectivity index (χ3n) is 6.63. The molecule has 3 aromatic rings. The van der Waals surface area contributed by atoms with E-state index in [1.54, 1.807) is 13.4 Å². The van der Waals surface area contributed by atoms with Gasteiger partial charge in [0.05, 0.1) is 6.33 Å². The van der Waals surface area contributed by atoms with Crippen LogP contribution in [-0.4, -0.2) is 56.3 Å². The Balaban J connectivity index is 0.00000193. The molecule has 0 amide bonds. The Morgan fingerprint density at radius 3 is 2.27 bits per heavy atom. The van der Waals surface area contributed by atoms with Crippen LogP contribution in [0, 0.1) is 13.8 Å². The number of halogens is 2. The lowest BCUT2D eigenvalue weighted by Gasteiger charge is -2.37. The molecular formula is C23H34Cl2N6O2. The van der Waals surface area contributed by atoms with Crippen molar-refractivity contribution in [2.45, 2.75) is 33.2 Å². The van der Waals surface area contributed by atoms with Crippen molar-refractivity contribution in [3.05, 3.63) is 56.5 Å². The van der Waals surface area contributed by atoms with Gasteiger partial charge in [-0.1, -0.05) is 12.1 Å². The second-order valence-electron chi connectivity index (χ2n) is 8.57. The molecule has 4 rings (SSSR count). The van der Waals surface area contributed by atoms with Gasteiger partial charge >= 0.3 is 5.69 Å². The smallest absolute Gasteiger partial charge is 0.332 e. The Kier molecular flexibility index (Phi) is 9.17. The Labute approximate surface area is 206 Å². The van der Waals surface area contributed by atoms with E-state index in [4.69, 9.17) is 0 Å². The number of nitrogens with zero attached hydrogens (tertiary/aromatic N) is 6. The Morgan fingerprint density at radius 1 is 0.909 bits per heavy atom. The summed E-state index contributed by atoms with van der Waals surface area (Å²) < 4.78 is 4.47. The first kappa shape index (κ1) is 27.0. The monoisotopic (exact) mass is 496 g/mol. The zero-order chi connectivity index (χ0) is 22.1. The van der Waals surface area contributed by atoms with Crippen molar-refractivity contribution in [3.63, 3.8) is 0 Å². The van der Waals surface area contributed by atoms with Gasteiger partial charge in [0.15, 0.2) is 11.2 Å². The largest absolute Gasteiger partial charge is 0.369 e. The zero-order valence-corrected chi connectivity index (χ0v) is 21.4. The van der Waals surface area contributed by atoms with Crippen LogP contribution in [0.2, 0.25) is 0 Å². The summed E-state index contributed by atoms with van der Waals surface area (Å²) in [6.07, 6.45) is 3.71. The number of benzene rings is 1. The lowest BCUT2D eigenvalue weighted by atomic mass is 10.1. The number of hydrogen-bond acceptors (Lipinski definition) is 5. The van der Waals surface area contributed by atoms with Crippen LogP contribution in [-0.2, 0) is 20.6 Å². The van der Waals surface area contributed by atoms with Crippen molar-refractivity contribution in [1.29, 1.82) is 0 Å². The summed E-state index contributed by atoms with van der Waals surface area (Å²) in [4.78, 5) is 33.9. The van der Waals surface area contributed by atoms with Crippen molar-refractivity contribution in [1.82, 2.24) is 23.6 Å². The Bertz CT molecular complexity index is 1210. The van der Waals surface area contributed by atoms with Gasteiger partial charge in [-0.05, 0) is 50.4 Å². The van der Waals surface area contributed by atoms with Crippen LogP contribution in [0.4, 0.5) is 5.69 Å². The molecule has 1 aliphatic rings. The van der Waals surface area contributed by atoms with Crippen molar-refractivity contribution >= 4 is 41.7 Å². The number of anilines is 1. The summed E-state index contributed by atoms with van der Waals surface area (Å²) in [5.74, 6) is 0. The van der Waals surface area contributed by atoms with Gasteiger partial charge in [-0.3, -0.25) is 18.8 Å². The number of aryl methyl sites for hydroxylation is 3. The van der Waals surface area contributed by atoms with Crippen LogP contribution in [0.5, 0.6) is 0 Å². The molecule has 0 bridgehead atoms. The van der Waals surface area contributed by atoms with E-state index in [-0.39, 0.29) is 36.1 Å². The van der Waals surface area contributed by atoms with Crippen molar-refractivity contribution in [3.8, 4) is 0 Å². The highest BCUT2D eigenvalue weighted by molar-refractivity contribution is 5.85. The Hall–Kier alpha value is -2.29. The molecule has 0 atom stereocenters. The quantitative estimate of drug-likeness (QED) is 0.490. The molecule has 1 saturated heterocycles. The van der Waals surface area contributed by atoms with E-state index in [1.807, 2.05) is 4.57 Å². The maximum absolute atomic E-state index is 12.5. The van der Waals surface area contributed by atoms with Gasteiger partial charge in [0.2, 0.25) is 0 Å². The molecule has 182 valence electrons. The van der Waals surface area contributed by atoms with Gasteiger partial charge in [-0.2, -0.15) is 0 Å². The maximum Gasteiger partial charge on any atom is 0.332 e. The molecular weight excluding hydrogens is 463 g/mol. The average Bonchev–Trinajstić information content (AvgIpc) is 3.20. The molecule has 0 aliphatic carbocycles. The molecule has 0 unspecified atom stereocenters. The highest BCUT2D eigenvalue weighted by Crippen LogP contribution is 2.23. The van der Waals surface area contributed by atoms with Crippen molar-refractivity contribution in [2.75, 3.05) is 37.6 Å². The van der Waals surface area contributed by atoms with E-state index < -0.39 is 0 Å². The average molecular weight is 497 g/mol. The van der Waals surface area contributed by atoms with Gasteiger partial charge in [0.25, 0.3) is 5.56 Å². The van der Waals surface area contributed by atoms with Gasteiger partial charge in [0.1, 0.15) is 0 Å². The summed E-state index contributed by atoms with van der Waals surface area (Å²) >= 11 is 0. The fourth-order valence-electron chi connectivity index (χ4n) is 4.47. The molecule has 1 aromatic carbocycles. The van der Waals surface area contributed by atoms with Crippen molar-refractivity contribution < 1.29 is 0 Å². The molecule has 1 aliphatic heterocycles. The van der Waals surface area contributed by atoms with Gasteiger partial charge in [-0.25, -0.2) is 9.78 Å². The predicted octanol–water partition coefficient (Wildman–Crippen LogP) is 2.50. The van der Waals surface area contributed by atoms with Crippen LogP contribution in [0.3, 0.4) is 0 Å². The first-order chi connectivity index (χ1) is 14.9. The molecule has 10 heteroatoms. The van der Waals surface area contributed by atoms with E-state index in [2.05, 4.69) is 46.8 Å². The second-order valence-corrected chi connectivity index (χ2v) is 8.57. The molecule has 0 radical (unpaired) electrons. The standard InChI is InChI=1S/C23H32N6O2.2ClH/c1-17-8-7-9-19(18(17)2)28-14-12-27(13-15-28)10-5-6-11-29-16-24-21-20(29)22(30)26(4)23(31)25(21)3;;/h7-9,16H,5-6,10-15H2,1-4H3;2*1H. The third kappa shape index (κ3) is 5.28. The molecule has 0 N–H and O–H groups in total. The van der Waals surface area contributed by atoms with Crippen LogP contribution in [0.25, 0.3) is 11.2 Å². The van der Waals surface area contributed by atoms with Crippen LogP contribution < -0.4 is 16.1 Å². The van der Waals surface area contributed by atoms with E-state index in [0.717, 1.165) is 56.7 Å². The molecule has 0 spiro atoms. The maximum atomic E-state index is 12.5. The molecule has 1 fully saturated rings. The topological polar surface area (TPSA) is 68.3 Å². The minimum Gasteiger partial charge on any atom is -0.369 e. The molecule has 2 aromatic heterocycles. The lowest BCUT2D eigenvalue weighted by Crippen LogP contribution is -2.46. The van der Waals surface area contributed by atoms with E-state index >= 15 is 0 Å². The molecule has 0 saturated carbocycles. The number of hydrogen-bond donors (Lipinski definition) is 0. The number of rotatable bonds is 6. The lowest BCUT2D eigenvalue weighted by molar-refractivity contribution is 0.251. The SMILES string of the molecule is Cc1cccc(N2CCN(CCCCn3cnc4c3c(=O)n(C)c(=O)n4C)CC2)c1C.Cl.Cl. The second kappa shape index (κ2) is 11.2. The van der Waals surface area contributed by atoms with E-state index in [0.29, 0.717) is 11.2 Å². The minimum atomic E-state index is -0.345. The number of aromatic nitrogens is 4. The fraction of sp³-hybridized carbons (Fsp3) is 0.522. The van der Waals surface area contributed by atoms with Crippen LogP contribution in [0.1, 0.15) is 24.0 Å². The van der Waals surface area contributed by atoms with Crippen LogP contribution >= 0.6 is 24.8 Å². The first-order valence-electron chi connectivity index (χ1n) is 11.0. The number of unbranched alkanes of at least 4 members (excludes halogenated alkanes) is 1. The van der Waals surface area contributed by atoms with E-state index in [9.17, 15) is 9.59 Å². The number of piperazine rings is 1. The highest BCUT2D eigenvalue weighted by Gasteiger charge is 2.19. The van der Waals surface area contributed by atoms with Crippen LogP contribution in [0.15, 0.2) is 34.1 Å². The van der Waals surface area contributed by atoms with E-state index in [1.165, 1.54) is 28.4 Å². The molecule has 33 heavy (non-hydrogen) atoms. The van der Waals surface area contributed by atoms with Gasteiger partial charge < -0.3 is 9.47 Å². The fourth-order valence-corrected chi connectivity index (χ4v) is 4.47. The summed E-state index contributed by atoms with van der Waals surface area (Å²) in [6.45, 7) is 10.4. The zero-order valence-electron chi connectivity index (χ0n) is 19.8. The first-order valence-corrected chi connectivity index (χ1v) is 11.0. The van der Waals surface area contributed by atoms with Gasteiger partial charge in [0, 0.05) is 52.5 Å². The summed E-state index contributed by atoms with van der Waals surface area (Å²) in [7, 11) is 3.17. The highest BCUT2D eigenvalue weighted by atomic mass is 35.5. The summed E-state index contributed by atoms with van der Waals surface area (Å²) in [5, 5.41) is 0. The summed E-state index contributed by atoms with van der Waals surface area (Å²) in [6, 6.07) is 6.55. The third-order valence-corrected chi connectivity index (χ3v) is 6.63. The predicted molar refractivity (Wildman–Crippen MR) is 139 cm³/mol. The minimum absolute atomic E-state index is 0. The summed E-state index contributed by atoms with van der Waals surface area (Å²) in [5.41, 5.74) is 4.43. The number of imidazole rings is 1.